The lowest BCUT2D eigenvalue weighted by Gasteiger charge is -2.17. The number of ether oxygens (including phenoxy) is 2. The van der Waals surface area contributed by atoms with E-state index < -0.39 is 32.5 Å². The van der Waals surface area contributed by atoms with Crippen molar-refractivity contribution >= 4 is 38.0 Å². The van der Waals surface area contributed by atoms with Crippen LogP contribution >= 0.6 is 20.1 Å². The van der Waals surface area contributed by atoms with Crippen LogP contribution in [0.15, 0.2) is 0 Å². The molecule has 0 aromatic heterocycles. The van der Waals surface area contributed by atoms with Gasteiger partial charge in [0.1, 0.15) is 12.7 Å². The zero-order valence-electron chi connectivity index (χ0n) is 13.8. The van der Waals surface area contributed by atoms with E-state index in [0.717, 1.165) is 0 Å². The Morgan fingerprint density at radius 2 is 1.88 bits per heavy atom. The van der Waals surface area contributed by atoms with Gasteiger partial charge in [-0.1, -0.05) is 0 Å². The molecule has 0 fully saturated rings. The van der Waals surface area contributed by atoms with Crippen LogP contribution in [0.2, 0.25) is 0 Å². The number of hydrogen-bond acceptors (Lipinski definition) is 9. The topological polar surface area (TPSA) is 148 Å². The predicted molar refractivity (Wildman–Crippen MR) is 91.3 cm³/mol. The maximum absolute atomic E-state index is 11.7. The standard InChI is InChI=1S/C13H25N2O7PS/c1-9(16)21-6-11(22-10(2)17)7-24-8-12(14)13(18)15-4-3-5-23(19)20/h11-12,19-20H,3-8,14H2,1-2H3,(H,15,18). The van der Waals surface area contributed by atoms with Gasteiger partial charge in [-0.05, 0) is 6.42 Å². The lowest BCUT2D eigenvalue weighted by molar-refractivity contribution is -0.154. The number of thioether (sulfide) groups is 1. The van der Waals surface area contributed by atoms with Gasteiger partial charge in [0.2, 0.25) is 5.91 Å². The maximum atomic E-state index is 11.7. The summed E-state index contributed by atoms with van der Waals surface area (Å²) in [5.74, 6) is -0.652. The molecule has 140 valence electrons. The molecule has 0 rings (SSSR count). The van der Waals surface area contributed by atoms with Crippen molar-refractivity contribution in [1.29, 1.82) is 0 Å². The summed E-state index contributed by atoms with van der Waals surface area (Å²) in [7, 11) is -1.94. The van der Waals surface area contributed by atoms with Crippen LogP contribution in [-0.2, 0) is 23.9 Å². The fraction of sp³-hybridized carbons (Fsp3) is 0.769. The SMILES string of the molecule is CC(=O)OCC(CSCC(N)C(=O)NCCCP(O)O)OC(C)=O. The first-order valence-corrected chi connectivity index (χ1v) is 9.88. The van der Waals surface area contributed by atoms with Crippen molar-refractivity contribution < 1.29 is 33.6 Å². The van der Waals surface area contributed by atoms with Crippen molar-refractivity contribution in [1.82, 2.24) is 5.32 Å². The molecule has 0 aliphatic heterocycles. The fourth-order valence-corrected chi connectivity index (χ4v) is 2.94. The molecule has 1 amide bonds. The minimum Gasteiger partial charge on any atom is -0.462 e. The van der Waals surface area contributed by atoms with E-state index in [1.807, 2.05) is 0 Å². The molecule has 2 unspecified atom stereocenters. The highest BCUT2D eigenvalue weighted by atomic mass is 32.2. The Labute approximate surface area is 146 Å². The van der Waals surface area contributed by atoms with Gasteiger partial charge in [-0.15, -0.1) is 0 Å². The van der Waals surface area contributed by atoms with Crippen molar-refractivity contribution in [3.8, 4) is 0 Å². The summed E-state index contributed by atoms with van der Waals surface area (Å²) in [5, 5.41) is 2.60. The molecule has 0 aromatic rings. The van der Waals surface area contributed by atoms with E-state index in [1.165, 1.54) is 25.6 Å². The molecule has 9 nitrogen and oxygen atoms in total. The summed E-state index contributed by atoms with van der Waals surface area (Å²) in [6.45, 7) is 2.79. The first-order chi connectivity index (χ1) is 11.2. The molecule has 2 atom stereocenters. The second-order valence-electron chi connectivity index (χ2n) is 4.92. The molecule has 0 aliphatic carbocycles. The van der Waals surface area contributed by atoms with Crippen LogP contribution in [0.5, 0.6) is 0 Å². The average molecular weight is 384 g/mol. The number of nitrogens with one attached hydrogen (secondary N) is 1. The number of esters is 2. The van der Waals surface area contributed by atoms with Crippen molar-refractivity contribution in [2.24, 2.45) is 5.73 Å². The zero-order chi connectivity index (χ0) is 18.5. The summed E-state index contributed by atoms with van der Waals surface area (Å²) >= 11 is 1.30. The normalized spacial score (nSPS) is 13.2. The number of nitrogens with two attached hydrogens (primary N) is 1. The number of carbonyl (C=O) groups excluding carboxylic acids is 3. The van der Waals surface area contributed by atoms with Crippen molar-refractivity contribution in [2.45, 2.75) is 32.4 Å². The van der Waals surface area contributed by atoms with E-state index >= 15 is 0 Å². The van der Waals surface area contributed by atoms with Crippen molar-refractivity contribution in [3.05, 3.63) is 0 Å². The Morgan fingerprint density at radius 1 is 1.21 bits per heavy atom. The molecule has 0 aliphatic rings. The Kier molecular flexibility index (Phi) is 12.9. The smallest absolute Gasteiger partial charge is 0.303 e. The lowest BCUT2D eigenvalue weighted by atomic mass is 10.3. The number of hydrogen-bond donors (Lipinski definition) is 4. The summed E-state index contributed by atoms with van der Waals surface area (Å²) in [6.07, 6.45) is 0.0983. The zero-order valence-corrected chi connectivity index (χ0v) is 15.5. The van der Waals surface area contributed by atoms with Gasteiger partial charge in [0.15, 0.2) is 8.38 Å². The molecule has 5 N–H and O–H groups in total. The molecule has 0 bridgehead atoms. The highest BCUT2D eigenvalue weighted by Gasteiger charge is 2.17. The van der Waals surface area contributed by atoms with E-state index in [2.05, 4.69) is 5.32 Å². The van der Waals surface area contributed by atoms with Crippen molar-refractivity contribution in [2.75, 3.05) is 30.8 Å². The van der Waals surface area contributed by atoms with E-state index in [-0.39, 0.29) is 18.7 Å². The largest absolute Gasteiger partial charge is 0.462 e. The lowest BCUT2D eigenvalue weighted by Crippen LogP contribution is -2.43. The number of carbonyl (C=O) groups is 3. The third-order valence-electron chi connectivity index (χ3n) is 2.58. The van der Waals surface area contributed by atoms with Gasteiger partial charge in [0, 0.05) is 38.1 Å². The summed E-state index contributed by atoms with van der Waals surface area (Å²) in [6, 6.07) is -0.744. The molecule has 0 aromatic carbocycles. The predicted octanol–water partition coefficient (Wildman–Crippen LogP) is -0.655. The van der Waals surface area contributed by atoms with Gasteiger partial charge in [-0.2, -0.15) is 11.8 Å². The second kappa shape index (κ2) is 13.4. The molecule has 11 heteroatoms. The Morgan fingerprint density at radius 3 is 2.42 bits per heavy atom. The highest BCUT2D eigenvalue weighted by Crippen LogP contribution is 2.22. The average Bonchev–Trinajstić information content (AvgIpc) is 2.47. The second-order valence-corrected chi connectivity index (χ2v) is 7.19. The van der Waals surface area contributed by atoms with Gasteiger partial charge in [0.05, 0.1) is 6.04 Å². The van der Waals surface area contributed by atoms with E-state index in [4.69, 9.17) is 25.0 Å². The Hall–Kier alpha value is -0.930. The van der Waals surface area contributed by atoms with Crippen LogP contribution in [0, 0.1) is 0 Å². The molecule has 0 saturated heterocycles. The quantitative estimate of drug-likeness (QED) is 0.195. The Bertz CT molecular complexity index is 412. The Balaban J connectivity index is 4.02. The molecular weight excluding hydrogens is 359 g/mol. The van der Waals surface area contributed by atoms with Crippen LogP contribution in [-0.4, -0.2) is 70.6 Å². The fourth-order valence-electron chi connectivity index (χ4n) is 1.53. The first kappa shape index (κ1) is 23.1. The van der Waals surface area contributed by atoms with Gasteiger partial charge < -0.3 is 30.3 Å². The minimum absolute atomic E-state index is 0.0470. The summed E-state index contributed by atoms with van der Waals surface area (Å²) in [4.78, 5) is 51.0. The molecular formula is C13H25N2O7PS. The maximum Gasteiger partial charge on any atom is 0.303 e. The number of rotatable bonds is 12. The highest BCUT2D eigenvalue weighted by molar-refractivity contribution is 7.99. The van der Waals surface area contributed by atoms with E-state index in [9.17, 15) is 14.4 Å². The van der Waals surface area contributed by atoms with Crippen molar-refractivity contribution in [3.63, 3.8) is 0 Å². The molecule has 24 heavy (non-hydrogen) atoms. The van der Waals surface area contributed by atoms with Crippen LogP contribution in [0.3, 0.4) is 0 Å². The molecule has 0 radical (unpaired) electrons. The summed E-state index contributed by atoms with van der Waals surface area (Å²) in [5.41, 5.74) is 5.75. The molecule has 0 spiro atoms. The minimum atomic E-state index is -1.94. The van der Waals surface area contributed by atoms with Gasteiger partial charge in [0.25, 0.3) is 0 Å². The molecule has 0 saturated carbocycles. The third kappa shape index (κ3) is 13.5. The van der Waals surface area contributed by atoms with Crippen LogP contribution in [0.4, 0.5) is 0 Å². The number of amides is 1. The van der Waals surface area contributed by atoms with Crippen LogP contribution < -0.4 is 11.1 Å². The van der Waals surface area contributed by atoms with Gasteiger partial charge in [-0.25, -0.2) is 0 Å². The van der Waals surface area contributed by atoms with E-state index in [0.29, 0.717) is 24.5 Å². The first-order valence-electron chi connectivity index (χ1n) is 7.29. The van der Waals surface area contributed by atoms with Crippen LogP contribution in [0.1, 0.15) is 20.3 Å². The monoisotopic (exact) mass is 384 g/mol. The molecule has 0 heterocycles. The van der Waals surface area contributed by atoms with Crippen LogP contribution in [0.25, 0.3) is 0 Å². The third-order valence-corrected chi connectivity index (χ3v) is 4.50. The summed E-state index contributed by atoms with van der Waals surface area (Å²) < 4.78 is 9.84. The van der Waals surface area contributed by atoms with Gasteiger partial charge in [-0.3, -0.25) is 14.4 Å². The van der Waals surface area contributed by atoms with Gasteiger partial charge >= 0.3 is 11.9 Å². The van der Waals surface area contributed by atoms with E-state index in [1.54, 1.807) is 0 Å².